The standard InChI is InChI=1S/C11H20O.C8H16O.C3H6O.Na.H2O/c1-4-6-7-11(5-2)8-10(3)9-12;1-3-5-6-8(4-2)7-9;1-2-3-4;;/h8-9,11H,4-7H2,1-3H3;7-8H,3-6H2,1-2H3;3H,2H2,1H3;;1H2/q;;;+1;/p-1/b10-8+;;;;. The summed E-state index contributed by atoms with van der Waals surface area (Å²) >= 11 is 0. The van der Waals surface area contributed by atoms with Crippen LogP contribution in [-0.4, -0.2) is 24.3 Å². The summed E-state index contributed by atoms with van der Waals surface area (Å²) in [5.41, 5.74) is 0.873. The molecule has 0 bridgehead atoms. The number of carbonyl (C=O) groups is 3. The minimum Gasteiger partial charge on any atom is -0.870 e. The second kappa shape index (κ2) is 33.3. The summed E-state index contributed by atoms with van der Waals surface area (Å²) < 4.78 is 0. The van der Waals surface area contributed by atoms with Crippen LogP contribution in [0, 0.1) is 11.8 Å². The fourth-order valence-corrected chi connectivity index (χ4v) is 2.12. The van der Waals surface area contributed by atoms with Crippen LogP contribution in [0.1, 0.15) is 99.3 Å². The number of allylic oxidation sites excluding steroid dienone is 2. The Hall–Kier alpha value is -0.290. The van der Waals surface area contributed by atoms with Crippen LogP contribution in [0.15, 0.2) is 11.6 Å². The zero-order valence-electron chi connectivity index (χ0n) is 19.0. The van der Waals surface area contributed by atoms with Gasteiger partial charge in [0.2, 0.25) is 0 Å². The van der Waals surface area contributed by atoms with Gasteiger partial charge in [-0.3, -0.25) is 4.79 Å². The average molecular weight is 395 g/mol. The molecule has 0 aliphatic rings. The van der Waals surface area contributed by atoms with Gasteiger partial charge < -0.3 is 15.1 Å². The van der Waals surface area contributed by atoms with Crippen molar-refractivity contribution in [1.29, 1.82) is 0 Å². The van der Waals surface area contributed by atoms with E-state index in [1.165, 1.54) is 32.1 Å². The Bertz CT molecular complexity index is 330. The van der Waals surface area contributed by atoms with E-state index in [-0.39, 0.29) is 35.0 Å². The Labute approximate surface area is 190 Å². The summed E-state index contributed by atoms with van der Waals surface area (Å²) in [6, 6.07) is 0. The molecular weight excluding hydrogens is 351 g/mol. The molecule has 0 saturated carbocycles. The summed E-state index contributed by atoms with van der Waals surface area (Å²) in [6.45, 7) is 12.3. The third-order valence-electron chi connectivity index (χ3n) is 3.95. The second-order valence-corrected chi connectivity index (χ2v) is 6.36. The molecule has 0 rings (SSSR count). The van der Waals surface area contributed by atoms with Crippen molar-refractivity contribution in [3.05, 3.63) is 11.6 Å². The Morgan fingerprint density at radius 1 is 0.815 bits per heavy atom. The van der Waals surface area contributed by atoms with E-state index >= 15 is 0 Å². The molecular formula is C22H43NaO4. The zero-order chi connectivity index (χ0) is 19.9. The molecule has 4 nitrogen and oxygen atoms in total. The van der Waals surface area contributed by atoms with Gasteiger partial charge in [-0.1, -0.05) is 66.4 Å². The van der Waals surface area contributed by atoms with Crippen LogP contribution in [0.3, 0.4) is 0 Å². The molecule has 2 atom stereocenters. The summed E-state index contributed by atoms with van der Waals surface area (Å²) in [4.78, 5) is 29.8. The summed E-state index contributed by atoms with van der Waals surface area (Å²) in [6.07, 6.45) is 15.0. The molecule has 0 aromatic rings. The van der Waals surface area contributed by atoms with Gasteiger partial charge in [0.15, 0.2) is 0 Å². The largest absolute Gasteiger partial charge is 1.00 e. The van der Waals surface area contributed by atoms with Crippen molar-refractivity contribution in [1.82, 2.24) is 0 Å². The Balaban J connectivity index is -0.0000000959. The fourth-order valence-electron chi connectivity index (χ4n) is 2.12. The third kappa shape index (κ3) is 33.7. The van der Waals surface area contributed by atoms with Crippen LogP contribution in [0.25, 0.3) is 0 Å². The molecule has 0 aromatic carbocycles. The maximum Gasteiger partial charge on any atom is 1.00 e. The monoisotopic (exact) mass is 394 g/mol. The molecule has 0 spiro atoms. The van der Waals surface area contributed by atoms with Gasteiger partial charge in [-0.15, -0.1) is 0 Å². The maximum absolute atomic E-state index is 10.4. The molecule has 27 heavy (non-hydrogen) atoms. The van der Waals surface area contributed by atoms with Gasteiger partial charge in [-0.05, 0) is 44.1 Å². The van der Waals surface area contributed by atoms with Gasteiger partial charge in [-0.25, -0.2) is 0 Å². The number of rotatable bonds is 12. The van der Waals surface area contributed by atoms with Crippen LogP contribution in [0.4, 0.5) is 0 Å². The van der Waals surface area contributed by atoms with Gasteiger partial charge in [-0.2, -0.15) is 0 Å². The first-order chi connectivity index (χ1) is 12.0. The van der Waals surface area contributed by atoms with Gasteiger partial charge in [0.05, 0.1) is 0 Å². The molecule has 0 aliphatic heterocycles. The maximum atomic E-state index is 10.4. The number of carbonyl (C=O) groups excluding carboxylic acids is 3. The molecule has 1 N–H and O–H groups in total. The minimum absolute atomic E-state index is 0. The van der Waals surface area contributed by atoms with Gasteiger partial charge in [0.1, 0.15) is 18.9 Å². The smallest absolute Gasteiger partial charge is 0.870 e. The molecule has 0 amide bonds. The van der Waals surface area contributed by atoms with E-state index in [2.05, 4.69) is 33.8 Å². The predicted molar refractivity (Wildman–Crippen MR) is 111 cm³/mol. The van der Waals surface area contributed by atoms with E-state index in [0.29, 0.717) is 18.3 Å². The molecule has 0 saturated heterocycles. The number of hydrogen-bond acceptors (Lipinski definition) is 4. The summed E-state index contributed by atoms with van der Waals surface area (Å²) in [5, 5.41) is 0. The van der Waals surface area contributed by atoms with Crippen molar-refractivity contribution >= 4 is 18.9 Å². The minimum atomic E-state index is 0. The average Bonchev–Trinajstić information content (AvgIpc) is 2.66. The Morgan fingerprint density at radius 2 is 1.22 bits per heavy atom. The van der Waals surface area contributed by atoms with Crippen LogP contribution in [0.5, 0.6) is 0 Å². The number of hydrogen-bond donors (Lipinski definition) is 0. The molecule has 156 valence electrons. The van der Waals surface area contributed by atoms with Crippen molar-refractivity contribution in [2.75, 3.05) is 0 Å². The first-order valence-corrected chi connectivity index (χ1v) is 10.0. The zero-order valence-corrected chi connectivity index (χ0v) is 21.0. The molecule has 0 heterocycles. The molecule has 0 radical (unpaired) electrons. The Kier molecular flexibility index (Phi) is 46.2. The van der Waals surface area contributed by atoms with Crippen LogP contribution >= 0.6 is 0 Å². The molecule has 0 aliphatic carbocycles. The molecule has 0 fully saturated rings. The van der Waals surface area contributed by atoms with E-state index in [1.54, 1.807) is 0 Å². The number of unbranched alkanes of at least 4 members (excludes halogenated alkanes) is 2. The van der Waals surface area contributed by atoms with E-state index < -0.39 is 0 Å². The normalized spacial score (nSPS) is 11.7. The first-order valence-electron chi connectivity index (χ1n) is 10.0. The third-order valence-corrected chi connectivity index (χ3v) is 3.95. The topological polar surface area (TPSA) is 81.2 Å². The quantitative estimate of drug-likeness (QED) is 0.289. The van der Waals surface area contributed by atoms with Crippen molar-refractivity contribution in [3.63, 3.8) is 0 Å². The molecule has 0 aromatic heterocycles. The predicted octanol–water partition coefficient (Wildman–Crippen LogP) is 3.17. The Morgan fingerprint density at radius 3 is 1.48 bits per heavy atom. The number of aldehydes is 3. The van der Waals surface area contributed by atoms with Crippen molar-refractivity contribution in [2.24, 2.45) is 11.8 Å². The van der Waals surface area contributed by atoms with E-state index in [4.69, 9.17) is 0 Å². The SMILES string of the molecule is CCC=O.CCCCC(/C=C(\C)C=O)CC.CCCCC(C=O)CC.[Na+].[OH-]. The van der Waals surface area contributed by atoms with Crippen LogP contribution in [-0.2, 0) is 14.4 Å². The van der Waals surface area contributed by atoms with E-state index in [9.17, 15) is 14.4 Å². The second-order valence-electron chi connectivity index (χ2n) is 6.36. The summed E-state index contributed by atoms with van der Waals surface area (Å²) in [5.74, 6) is 0.931. The fraction of sp³-hybridized carbons (Fsp3) is 0.773. The first kappa shape index (κ1) is 37.5. The van der Waals surface area contributed by atoms with Crippen LogP contribution in [0.2, 0.25) is 0 Å². The van der Waals surface area contributed by atoms with E-state index in [0.717, 1.165) is 43.7 Å². The summed E-state index contributed by atoms with van der Waals surface area (Å²) in [7, 11) is 0. The van der Waals surface area contributed by atoms with Crippen LogP contribution < -0.4 is 29.6 Å². The van der Waals surface area contributed by atoms with Crippen molar-refractivity contribution in [2.45, 2.75) is 99.3 Å². The van der Waals surface area contributed by atoms with Gasteiger partial charge in [0, 0.05) is 12.3 Å². The van der Waals surface area contributed by atoms with Crippen molar-refractivity contribution < 1.29 is 49.4 Å². The van der Waals surface area contributed by atoms with Gasteiger partial charge >= 0.3 is 29.6 Å². The van der Waals surface area contributed by atoms with Gasteiger partial charge in [0.25, 0.3) is 0 Å². The molecule has 5 heteroatoms. The van der Waals surface area contributed by atoms with E-state index in [1.807, 2.05) is 13.8 Å². The van der Waals surface area contributed by atoms with Crippen molar-refractivity contribution in [3.8, 4) is 0 Å². The molecule has 2 unspecified atom stereocenters.